The van der Waals surface area contributed by atoms with Gasteiger partial charge in [-0.15, -0.1) is 11.8 Å². The van der Waals surface area contributed by atoms with Gasteiger partial charge in [-0.2, -0.15) is 4.98 Å². The number of likely N-dealkylation sites (N-methyl/N-ethyl adjacent to an activating group) is 1. The lowest BCUT2D eigenvalue weighted by Crippen LogP contribution is -2.44. The van der Waals surface area contributed by atoms with Crippen molar-refractivity contribution in [2.45, 2.75) is 30.8 Å². The van der Waals surface area contributed by atoms with Crippen LogP contribution < -0.4 is 10.6 Å². The van der Waals surface area contributed by atoms with Crippen LogP contribution in [0.5, 0.6) is 0 Å². The molecule has 0 spiro atoms. The fraction of sp³-hybridized carbons (Fsp3) is 0.692. The molecule has 2 N–H and O–H groups in total. The monoisotopic (exact) mass is 315 g/mol. The van der Waals surface area contributed by atoms with Gasteiger partial charge < -0.3 is 10.6 Å². The molecule has 1 unspecified atom stereocenters. The van der Waals surface area contributed by atoms with E-state index >= 15 is 0 Å². The van der Waals surface area contributed by atoms with Crippen LogP contribution in [0.3, 0.4) is 0 Å². The molecular weight excluding hydrogens is 294 g/mol. The Bertz CT molecular complexity index is 468. The third kappa shape index (κ3) is 3.55. The molecular formula is C13H22ClN5S. The summed E-state index contributed by atoms with van der Waals surface area (Å²) >= 11 is 7.94. The standard InChI is InChI=1S/C13H22ClN5S/c1-8(2)16-13-17-10(11(20-4)12(14)18-13)9-7-15-5-6-19(9)3/h8-9,15H,5-7H2,1-4H3,(H,16,17,18). The Morgan fingerprint density at radius 2 is 2.20 bits per heavy atom. The van der Waals surface area contributed by atoms with Crippen molar-refractivity contribution in [3.8, 4) is 0 Å². The maximum Gasteiger partial charge on any atom is 0.224 e. The van der Waals surface area contributed by atoms with E-state index in [9.17, 15) is 0 Å². The van der Waals surface area contributed by atoms with E-state index < -0.39 is 0 Å². The van der Waals surface area contributed by atoms with Crippen LogP contribution in [0.15, 0.2) is 4.90 Å². The summed E-state index contributed by atoms with van der Waals surface area (Å²) in [6, 6.07) is 0.515. The van der Waals surface area contributed by atoms with E-state index in [0.717, 1.165) is 30.2 Å². The van der Waals surface area contributed by atoms with Gasteiger partial charge >= 0.3 is 0 Å². The van der Waals surface area contributed by atoms with Gasteiger partial charge in [0.2, 0.25) is 5.95 Å². The first kappa shape index (κ1) is 15.8. The summed E-state index contributed by atoms with van der Waals surface area (Å²) < 4.78 is 0. The Kier molecular flexibility index (Phi) is 5.49. The highest BCUT2D eigenvalue weighted by molar-refractivity contribution is 7.98. The Balaban J connectivity index is 2.39. The Morgan fingerprint density at radius 1 is 1.45 bits per heavy atom. The van der Waals surface area contributed by atoms with Crippen molar-refractivity contribution in [2.24, 2.45) is 0 Å². The summed E-state index contributed by atoms with van der Waals surface area (Å²) in [5.74, 6) is 0.608. The van der Waals surface area contributed by atoms with Crippen molar-refractivity contribution in [3.63, 3.8) is 0 Å². The average molecular weight is 316 g/mol. The minimum Gasteiger partial charge on any atom is -0.352 e. The van der Waals surface area contributed by atoms with Crippen molar-refractivity contribution in [3.05, 3.63) is 10.8 Å². The molecule has 1 saturated heterocycles. The largest absolute Gasteiger partial charge is 0.352 e. The number of rotatable bonds is 4. The molecule has 1 aliphatic heterocycles. The molecule has 0 aromatic carbocycles. The van der Waals surface area contributed by atoms with Crippen molar-refractivity contribution >= 4 is 29.3 Å². The molecule has 0 bridgehead atoms. The smallest absolute Gasteiger partial charge is 0.224 e. The quantitative estimate of drug-likeness (QED) is 0.656. The molecule has 1 atom stereocenters. The zero-order valence-corrected chi connectivity index (χ0v) is 14.0. The van der Waals surface area contributed by atoms with E-state index in [-0.39, 0.29) is 12.1 Å². The molecule has 1 aromatic rings. The van der Waals surface area contributed by atoms with E-state index in [1.54, 1.807) is 11.8 Å². The number of piperazine rings is 1. The van der Waals surface area contributed by atoms with Crippen LogP contribution in [0.2, 0.25) is 5.15 Å². The zero-order chi connectivity index (χ0) is 14.7. The third-order valence-corrected chi connectivity index (χ3v) is 4.50. The summed E-state index contributed by atoms with van der Waals surface area (Å²) in [7, 11) is 2.13. The molecule has 0 radical (unpaired) electrons. The molecule has 5 nitrogen and oxygen atoms in total. The second-order valence-corrected chi connectivity index (χ2v) is 6.43. The fourth-order valence-electron chi connectivity index (χ4n) is 2.29. The molecule has 1 aliphatic rings. The van der Waals surface area contributed by atoms with Crippen LogP contribution in [-0.2, 0) is 0 Å². The zero-order valence-electron chi connectivity index (χ0n) is 12.4. The predicted molar refractivity (Wildman–Crippen MR) is 85.8 cm³/mol. The lowest BCUT2D eigenvalue weighted by molar-refractivity contribution is 0.196. The van der Waals surface area contributed by atoms with Gasteiger partial charge in [0.1, 0.15) is 5.15 Å². The van der Waals surface area contributed by atoms with E-state index in [2.05, 4.69) is 41.4 Å². The predicted octanol–water partition coefficient (Wildman–Crippen LogP) is 2.25. The SMILES string of the molecule is CSc1c(Cl)nc(NC(C)C)nc1C1CNCCN1C. The lowest BCUT2D eigenvalue weighted by atomic mass is 10.1. The van der Waals surface area contributed by atoms with Crippen LogP contribution in [0.4, 0.5) is 5.95 Å². The number of aromatic nitrogens is 2. The van der Waals surface area contributed by atoms with Crippen LogP contribution in [0.1, 0.15) is 25.6 Å². The normalized spacial score (nSPS) is 20.4. The number of halogens is 1. The molecule has 0 aliphatic carbocycles. The van der Waals surface area contributed by atoms with E-state index in [1.165, 1.54) is 0 Å². The van der Waals surface area contributed by atoms with E-state index in [4.69, 9.17) is 16.6 Å². The lowest BCUT2D eigenvalue weighted by Gasteiger charge is -2.33. The van der Waals surface area contributed by atoms with Gasteiger partial charge in [0.25, 0.3) is 0 Å². The van der Waals surface area contributed by atoms with Gasteiger partial charge in [0, 0.05) is 25.7 Å². The van der Waals surface area contributed by atoms with Crippen LogP contribution in [0, 0.1) is 0 Å². The highest BCUT2D eigenvalue weighted by atomic mass is 35.5. The number of anilines is 1. The van der Waals surface area contributed by atoms with Crippen molar-refractivity contribution in [2.75, 3.05) is 38.3 Å². The highest BCUT2D eigenvalue weighted by Crippen LogP contribution is 2.33. The van der Waals surface area contributed by atoms with Crippen LogP contribution in [-0.4, -0.2) is 53.8 Å². The second-order valence-electron chi connectivity index (χ2n) is 5.26. The minimum absolute atomic E-state index is 0.236. The topological polar surface area (TPSA) is 53.1 Å². The van der Waals surface area contributed by atoms with Crippen LogP contribution >= 0.6 is 23.4 Å². The first-order valence-electron chi connectivity index (χ1n) is 6.81. The molecule has 0 amide bonds. The molecule has 112 valence electrons. The Labute approximate surface area is 129 Å². The first-order valence-corrected chi connectivity index (χ1v) is 8.42. The van der Waals surface area contributed by atoms with E-state index in [1.807, 2.05) is 6.26 Å². The van der Waals surface area contributed by atoms with Gasteiger partial charge in [0.05, 0.1) is 16.6 Å². The van der Waals surface area contributed by atoms with Crippen molar-refractivity contribution in [1.82, 2.24) is 20.2 Å². The van der Waals surface area contributed by atoms with Crippen LogP contribution in [0.25, 0.3) is 0 Å². The van der Waals surface area contributed by atoms with Gasteiger partial charge in [-0.1, -0.05) is 11.6 Å². The number of nitrogens with one attached hydrogen (secondary N) is 2. The van der Waals surface area contributed by atoms with Crippen molar-refractivity contribution < 1.29 is 0 Å². The fourth-order valence-corrected chi connectivity index (χ4v) is 3.30. The highest BCUT2D eigenvalue weighted by Gasteiger charge is 2.26. The van der Waals surface area contributed by atoms with Gasteiger partial charge in [0.15, 0.2) is 0 Å². The second kappa shape index (κ2) is 6.93. The molecule has 2 heterocycles. The molecule has 1 fully saturated rings. The first-order chi connectivity index (χ1) is 9.52. The summed E-state index contributed by atoms with van der Waals surface area (Å²) in [6.45, 7) is 7.03. The third-order valence-electron chi connectivity index (χ3n) is 3.30. The Morgan fingerprint density at radius 3 is 2.80 bits per heavy atom. The number of hydrogen-bond acceptors (Lipinski definition) is 6. The van der Waals surface area contributed by atoms with Gasteiger partial charge in [-0.3, -0.25) is 4.90 Å². The van der Waals surface area contributed by atoms with Gasteiger partial charge in [-0.25, -0.2) is 4.98 Å². The maximum atomic E-state index is 6.33. The number of hydrogen-bond donors (Lipinski definition) is 2. The van der Waals surface area contributed by atoms with Crippen molar-refractivity contribution in [1.29, 1.82) is 0 Å². The molecule has 7 heteroatoms. The molecule has 2 rings (SSSR count). The summed E-state index contributed by atoms with van der Waals surface area (Å²) in [6.07, 6.45) is 2.01. The maximum absolute atomic E-state index is 6.33. The number of nitrogens with zero attached hydrogens (tertiary/aromatic N) is 3. The number of thioether (sulfide) groups is 1. The molecule has 0 saturated carbocycles. The van der Waals surface area contributed by atoms with E-state index in [0.29, 0.717) is 11.1 Å². The average Bonchev–Trinajstić information content (AvgIpc) is 2.38. The summed E-state index contributed by atoms with van der Waals surface area (Å²) in [5.41, 5.74) is 1.01. The molecule has 20 heavy (non-hydrogen) atoms. The molecule has 1 aromatic heterocycles. The van der Waals surface area contributed by atoms with Gasteiger partial charge in [-0.05, 0) is 27.2 Å². The minimum atomic E-state index is 0.236. The Hall–Kier alpha value is -0.560. The summed E-state index contributed by atoms with van der Waals surface area (Å²) in [5, 5.41) is 7.19. The summed E-state index contributed by atoms with van der Waals surface area (Å²) in [4.78, 5) is 12.3.